The Morgan fingerprint density at radius 3 is 2.63 bits per heavy atom. The van der Waals surface area contributed by atoms with Gasteiger partial charge < -0.3 is 10.6 Å². The van der Waals surface area contributed by atoms with Gasteiger partial charge in [-0.25, -0.2) is 14.1 Å². The number of aromatic nitrogens is 3. The maximum Gasteiger partial charge on any atom is 0.254 e. The summed E-state index contributed by atoms with van der Waals surface area (Å²) in [5, 5.41) is 10.6. The molecule has 1 saturated carbocycles. The summed E-state index contributed by atoms with van der Waals surface area (Å²) in [4.78, 5) is 16.7. The Kier molecular flexibility index (Phi) is 5.48. The lowest BCUT2D eigenvalue weighted by atomic mass is 9.88. The molecule has 1 amide bonds. The normalized spacial score (nSPS) is 23.9. The zero-order valence-corrected chi connectivity index (χ0v) is 15.4. The molecule has 0 radical (unpaired) electrons. The predicted octanol–water partition coefficient (Wildman–Crippen LogP) is 2.80. The van der Waals surface area contributed by atoms with Crippen LogP contribution in [0.15, 0.2) is 30.9 Å². The third-order valence-corrected chi connectivity index (χ3v) is 5.89. The summed E-state index contributed by atoms with van der Waals surface area (Å²) >= 11 is 0. The van der Waals surface area contributed by atoms with Gasteiger partial charge in [-0.1, -0.05) is 6.07 Å². The Balaban J connectivity index is 1.38. The summed E-state index contributed by atoms with van der Waals surface area (Å²) in [5.74, 6) is -0.342. The molecular formula is C20H26FN5O. The van der Waals surface area contributed by atoms with Gasteiger partial charge in [-0.15, -0.1) is 0 Å². The molecule has 2 heterocycles. The Morgan fingerprint density at radius 2 is 1.93 bits per heavy atom. The summed E-state index contributed by atoms with van der Waals surface area (Å²) in [6, 6.07) is 5.43. The van der Waals surface area contributed by atoms with Gasteiger partial charge in [-0.05, 0) is 75.2 Å². The van der Waals surface area contributed by atoms with Crippen LogP contribution in [0.4, 0.5) is 4.39 Å². The van der Waals surface area contributed by atoms with Crippen molar-refractivity contribution in [1.82, 2.24) is 25.4 Å². The maximum atomic E-state index is 14.3. The van der Waals surface area contributed by atoms with Crippen molar-refractivity contribution >= 4 is 5.91 Å². The minimum absolute atomic E-state index is 0.0826. The average Bonchev–Trinajstić information content (AvgIpc) is 3.24. The molecule has 2 aliphatic rings. The van der Waals surface area contributed by atoms with Crippen LogP contribution in [0.25, 0.3) is 0 Å². The smallest absolute Gasteiger partial charge is 0.254 e. The SMILES string of the molecule is O=C(NC1CCC(n2cncn2)CC1)c1cc(C2CCNCC2)ccc1F. The number of hydrogen-bond donors (Lipinski definition) is 2. The van der Waals surface area contributed by atoms with Gasteiger partial charge in [0.25, 0.3) is 5.91 Å². The molecule has 0 spiro atoms. The first kappa shape index (κ1) is 18.1. The van der Waals surface area contributed by atoms with Gasteiger partial charge >= 0.3 is 0 Å². The molecular weight excluding hydrogens is 345 g/mol. The summed E-state index contributed by atoms with van der Waals surface area (Å²) in [7, 11) is 0. The Morgan fingerprint density at radius 1 is 1.15 bits per heavy atom. The van der Waals surface area contributed by atoms with E-state index in [1.165, 1.54) is 6.07 Å². The zero-order chi connectivity index (χ0) is 18.6. The standard InChI is InChI=1S/C20H26FN5O/c21-19-6-1-15(14-7-9-22-10-8-14)11-18(19)20(27)25-16-2-4-17(5-3-16)26-13-23-12-24-26/h1,6,11-14,16-17,22H,2-5,7-10H2,(H,25,27). The van der Waals surface area contributed by atoms with Crippen molar-refractivity contribution in [3.63, 3.8) is 0 Å². The number of halogens is 1. The highest BCUT2D eigenvalue weighted by Crippen LogP contribution is 2.29. The van der Waals surface area contributed by atoms with Crippen LogP contribution in [0, 0.1) is 5.82 Å². The van der Waals surface area contributed by atoms with Crippen LogP contribution in [0.2, 0.25) is 0 Å². The molecule has 1 aromatic heterocycles. The lowest BCUT2D eigenvalue weighted by Crippen LogP contribution is -2.38. The minimum atomic E-state index is -0.443. The van der Waals surface area contributed by atoms with E-state index in [1.54, 1.807) is 18.7 Å². The van der Waals surface area contributed by atoms with Crippen LogP contribution in [0.5, 0.6) is 0 Å². The molecule has 4 rings (SSSR count). The first-order valence-electron chi connectivity index (χ1n) is 9.86. The first-order valence-corrected chi connectivity index (χ1v) is 9.86. The molecule has 0 atom stereocenters. The highest BCUT2D eigenvalue weighted by atomic mass is 19.1. The molecule has 2 aromatic rings. The van der Waals surface area contributed by atoms with Crippen molar-refractivity contribution in [2.45, 2.75) is 56.5 Å². The molecule has 1 aromatic carbocycles. The average molecular weight is 371 g/mol. The summed E-state index contributed by atoms with van der Waals surface area (Å²) < 4.78 is 16.2. The Labute approximate surface area is 158 Å². The van der Waals surface area contributed by atoms with Gasteiger partial charge in [0.1, 0.15) is 18.5 Å². The fourth-order valence-corrected chi connectivity index (χ4v) is 4.28. The fraction of sp³-hybridized carbons (Fsp3) is 0.550. The molecule has 144 valence electrons. The number of carbonyl (C=O) groups is 1. The molecule has 1 aliphatic carbocycles. The van der Waals surface area contributed by atoms with Crippen molar-refractivity contribution < 1.29 is 9.18 Å². The van der Waals surface area contributed by atoms with Gasteiger partial charge in [0.15, 0.2) is 0 Å². The van der Waals surface area contributed by atoms with Crippen LogP contribution in [0.1, 0.15) is 66.4 Å². The van der Waals surface area contributed by atoms with E-state index in [9.17, 15) is 9.18 Å². The predicted molar refractivity (Wildman–Crippen MR) is 100 cm³/mol. The van der Waals surface area contributed by atoms with Gasteiger partial charge in [0.2, 0.25) is 0 Å². The lowest BCUT2D eigenvalue weighted by Gasteiger charge is -2.29. The van der Waals surface area contributed by atoms with E-state index in [0.29, 0.717) is 12.0 Å². The lowest BCUT2D eigenvalue weighted by molar-refractivity contribution is 0.0917. The van der Waals surface area contributed by atoms with Crippen molar-refractivity contribution in [3.05, 3.63) is 47.8 Å². The second-order valence-corrected chi connectivity index (χ2v) is 7.62. The monoisotopic (exact) mass is 371 g/mol. The van der Waals surface area contributed by atoms with Crippen LogP contribution in [0.3, 0.4) is 0 Å². The van der Waals surface area contributed by atoms with Gasteiger partial charge in [0.05, 0.1) is 11.6 Å². The third-order valence-electron chi connectivity index (χ3n) is 5.89. The van der Waals surface area contributed by atoms with E-state index in [-0.39, 0.29) is 17.5 Å². The molecule has 7 heteroatoms. The highest BCUT2D eigenvalue weighted by Gasteiger charge is 2.25. The van der Waals surface area contributed by atoms with E-state index >= 15 is 0 Å². The van der Waals surface area contributed by atoms with Crippen LogP contribution < -0.4 is 10.6 Å². The minimum Gasteiger partial charge on any atom is -0.349 e. The van der Waals surface area contributed by atoms with Gasteiger partial charge in [-0.3, -0.25) is 4.79 Å². The summed E-state index contributed by atoms with van der Waals surface area (Å²) in [6.45, 7) is 1.94. The summed E-state index contributed by atoms with van der Waals surface area (Å²) in [5.41, 5.74) is 1.24. The van der Waals surface area contributed by atoms with E-state index in [0.717, 1.165) is 57.2 Å². The second-order valence-electron chi connectivity index (χ2n) is 7.62. The van der Waals surface area contributed by atoms with E-state index in [4.69, 9.17) is 0 Å². The quantitative estimate of drug-likeness (QED) is 0.867. The first-order chi connectivity index (χ1) is 13.2. The Hall–Kier alpha value is -2.28. The van der Waals surface area contributed by atoms with E-state index in [2.05, 4.69) is 20.7 Å². The highest BCUT2D eigenvalue weighted by molar-refractivity contribution is 5.94. The molecule has 0 unspecified atom stereocenters. The number of benzene rings is 1. The molecule has 2 N–H and O–H groups in total. The number of piperidine rings is 1. The molecule has 2 fully saturated rings. The molecule has 6 nitrogen and oxygen atoms in total. The van der Waals surface area contributed by atoms with Crippen molar-refractivity contribution in [2.75, 3.05) is 13.1 Å². The maximum absolute atomic E-state index is 14.3. The number of rotatable bonds is 4. The number of nitrogens with zero attached hydrogens (tertiary/aromatic N) is 3. The number of amides is 1. The number of nitrogens with one attached hydrogen (secondary N) is 2. The van der Waals surface area contributed by atoms with E-state index in [1.807, 2.05) is 10.7 Å². The van der Waals surface area contributed by atoms with Crippen molar-refractivity contribution in [3.8, 4) is 0 Å². The summed E-state index contributed by atoms with van der Waals surface area (Å²) in [6.07, 6.45) is 8.95. The molecule has 1 aliphatic heterocycles. The van der Waals surface area contributed by atoms with Crippen LogP contribution in [-0.2, 0) is 0 Å². The number of hydrogen-bond acceptors (Lipinski definition) is 4. The van der Waals surface area contributed by atoms with Crippen LogP contribution in [-0.4, -0.2) is 39.8 Å². The Bertz CT molecular complexity index is 765. The molecule has 27 heavy (non-hydrogen) atoms. The number of carbonyl (C=O) groups excluding carboxylic acids is 1. The molecule has 1 saturated heterocycles. The van der Waals surface area contributed by atoms with Gasteiger partial charge in [0, 0.05) is 6.04 Å². The molecule has 0 bridgehead atoms. The largest absolute Gasteiger partial charge is 0.349 e. The van der Waals surface area contributed by atoms with Crippen molar-refractivity contribution in [2.24, 2.45) is 0 Å². The second kappa shape index (κ2) is 8.17. The fourth-order valence-electron chi connectivity index (χ4n) is 4.28. The topological polar surface area (TPSA) is 71.8 Å². The van der Waals surface area contributed by atoms with E-state index < -0.39 is 5.82 Å². The van der Waals surface area contributed by atoms with Crippen LogP contribution >= 0.6 is 0 Å². The zero-order valence-electron chi connectivity index (χ0n) is 15.4. The van der Waals surface area contributed by atoms with Gasteiger partial charge in [-0.2, -0.15) is 5.10 Å². The van der Waals surface area contributed by atoms with Crippen molar-refractivity contribution in [1.29, 1.82) is 0 Å². The third kappa shape index (κ3) is 4.18.